The average molecular weight is 259 g/mol. The first-order valence-corrected chi connectivity index (χ1v) is 6.51. The normalized spacial score (nSPS) is 23.4. The zero-order chi connectivity index (χ0) is 13.8. The van der Waals surface area contributed by atoms with Gasteiger partial charge in [-0.25, -0.2) is 0 Å². The van der Waals surface area contributed by atoms with Crippen LogP contribution in [0.4, 0.5) is 0 Å². The topological polar surface area (TPSA) is 56.8 Å². The molecule has 1 N–H and O–H groups in total. The highest BCUT2D eigenvalue weighted by molar-refractivity contribution is 5.76. The van der Waals surface area contributed by atoms with Crippen LogP contribution in [0.25, 0.3) is 0 Å². The summed E-state index contributed by atoms with van der Waals surface area (Å²) in [7, 11) is 1.41. The third-order valence-electron chi connectivity index (χ3n) is 3.35. The lowest BCUT2D eigenvalue weighted by molar-refractivity contribution is -0.253. The Morgan fingerprint density at radius 2 is 2.00 bits per heavy atom. The number of ether oxygens (including phenoxy) is 3. The molecule has 5 heteroatoms. The zero-order valence-electron chi connectivity index (χ0n) is 12.0. The number of methoxy groups -OCH3 is 1. The third kappa shape index (κ3) is 4.23. The van der Waals surface area contributed by atoms with Gasteiger partial charge in [0.15, 0.2) is 5.79 Å². The van der Waals surface area contributed by atoms with Gasteiger partial charge in [-0.3, -0.25) is 10.1 Å². The Balaban J connectivity index is 2.54. The predicted molar refractivity (Wildman–Crippen MR) is 68.2 cm³/mol. The van der Waals surface area contributed by atoms with Crippen LogP contribution in [0.2, 0.25) is 0 Å². The minimum Gasteiger partial charge on any atom is -0.468 e. The quantitative estimate of drug-likeness (QED) is 0.755. The maximum absolute atomic E-state index is 11.7. The van der Waals surface area contributed by atoms with E-state index in [0.717, 1.165) is 6.42 Å². The van der Waals surface area contributed by atoms with Gasteiger partial charge in [0, 0.05) is 0 Å². The van der Waals surface area contributed by atoms with E-state index < -0.39 is 5.79 Å². The van der Waals surface area contributed by atoms with Gasteiger partial charge in [-0.05, 0) is 19.8 Å². The highest BCUT2D eigenvalue weighted by Gasteiger charge is 2.32. The van der Waals surface area contributed by atoms with Crippen LogP contribution in [-0.4, -0.2) is 44.2 Å². The molecule has 0 aromatic carbocycles. The van der Waals surface area contributed by atoms with Crippen molar-refractivity contribution in [2.24, 2.45) is 5.92 Å². The summed E-state index contributed by atoms with van der Waals surface area (Å²) in [6, 6.07) is -0.283. The minimum absolute atomic E-state index is 0.0242. The molecule has 2 unspecified atom stereocenters. The van der Waals surface area contributed by atoms with Crippen molar-refractivity contribution in [2.75, 3.05) is 20.3 Å². The molecule has 1 aliphatic rings. The van der Waals surface area contributed by atoms with Gasteiger partial charge in [0.1, 0.15) is 6.04 Å². The second kappa shape index (κ2) is 6.50. The van der Waals surface area contributed by atoms with E-state index in [1.807, 2.05) is 20.8 Å². The molecule has 1 saturated heterocycles. The van der Waals surface area contributed by atoms with Crippen LogP contribution >= 0.6 is 0 Å². The third-order valence-corrected chi connectivity index (χ3v) is 3.35. The fraction of sp³-hybridized carbons (Fsp3) is 0.923. The lowest BCUT2D eigenvalue weighted by Crippen LogP contribution is -2.55. The van der Waals surface area contributed by atoms with Gasteiger partial charge in [-0.1, -0.05) is 20.3 Å². The zero-order valence-corrected chi connectivity index (χ0v) is 12.0. The van der Waals surface area contributed by atoms with Gasteiger partial charge >= 0.3 is 5.97 Å². The first-order valence-electron chi connectivity index (χ1n) is 6.51. The van der Waals surface area contributed by atoms with Crippen molar-refractivity contribution in [1.29, 1.82) is 0 Å². The van der Waals surface area contributed by atoms with Gasteiger partial charge in [0.05, 0.1) is 26.4 Å². The molecule has 106 valence electrons. The maximum atomic E-state index is 11.7. The standard InChI is InChI=1S/C13H25NO4/c1-6-9(2)11(12(15)16-5)14-10-7-17-13(3,4)18-8-10/h9-11,14H,6-8H2,1-5H3. The largest absolute Gasteiger partial charge is 0.468 e. The Morgan fingerprint density at radius 3 is 2.44 bits per heavy atom. The smallest absolute Gasteiger partial charge is 0.323 e. The van der Waals surface area contributed by atoms with Crippen LogP contribution in [0, 0.1) is 5.92 Å². The van der Waals surface area contributed by atoms with Crippen molar-refractivity contribution in [3.05, 3.63) is 0 Å². The van der Waals surface area contributed by atoms with Crippen molar-refractivity contribution in [2.45, 2.75) is 52.0 Å². The van der Waals surface area contributed by atoms with Crippen molar-refractivity contribution in [3.63, 3.8) is 0 Å². The average Bonchev–Trinajstić information content (AvgIpc) is 2.35. The van der Waals surface area contributed by atoms with E-state index in [1.165, 1.54) is 7.11 Å². The molecule has 0 radical (unpaired) electrons. The Bertz CT molecular complexity index is 270. The predicted octanol–water partition coefficient (Wildman–Crippen LogP) is 1.32. The van der Waals surface area contributed by atoms with Gasteiger partial charge in [0.25, 0.3) is 0 Å². The Kier molecular flexibility index (Phi) is 5.56. The Labute approximate surface area is 109 Å². The molecule has 0 aliphatic carbocycles. The molecule has 1 rings (SSSR count). The fourth-order valence-corrected chi connectivity index (χ4v) is 1.87. The lowest BCUT2D eigenvalue weighted by Gasteiger charge is -2.37. The minimum atomic E-state index is -0.532. The van der Waals surface area contributed by atoms with Crippen LogP contribution < -0.4 is 5.32 Å². The number of rotatable bonds is 5. The van der Waals surface area contributed by atoms with E-state index in [4.69, 9.17) is 14.2 Å². The molecule has 1 aliphatic heterocycles. The summed E-state index contributed by atoms with van der Waals surface area (Å²) in [5.74, 6) is -0.545. The summed E-state index contributed by atoms with van der Waals surface area (Å²) in [5.41, 5.74) is 0. The molecule has 2 atom stereocenters. The molecule has 0 aromatic heterocycles. The number of hydrogen-bond donors (Lipinski definition) is 1. The van der Waals surface area contributed by atoms with Crippen LogP contribution in [0.3, 0.4) is 0 Å². The van der Waals surface area contributed by atoms with Gasteiger partial charge < -0.3 is 14.2 Å². The Morgan fingerprint density at radius 1 is 1.44 bits per heavy atom. The van der Waals surface area contributed by atoms with Gasteiger partial charge in [-0.2, -0.15) is 0 Å². The molecular weight excluding hydrogens is 234 g/mol. The molecule has 18 heavy (non-hydrogen) atoms. The maximum Gasteiger partial charge on any atom is 0.323 e. The van der Waals surface area contributed by atoms with E-state index in [0.29, 0.717) is 13.2 Å². The van der Waals surface area contributed by atoms with E-state index in [1.54, 1.807) is 0 Å². The highest BCUT2D eigenvalue weighted by atomic mass is 16.7. The number of nitrogens with one attached hydrogen (secondary N) is 1. The molecule has 1 fully saturated rings. The summed E-state index contributed by atoms with van der Waals surface area (Å²) >= 11 is 0. The van der Waals surface area contributed by atoms with Crippen LogP contribution in [0.5, 0.6) is 0 Å². The number of hydrogen-bond acceptors (Lipinski definition) is 5. The van der Waals surface area contributed by atoms with Gasteiger partial charge in [0.2, 0.25) is 0 Å². The van der Waals surface area contributed by atoms with Crippen LogP contribution in [-0.2, 0) is 19.0 Å². The van der Waals surface area contributed by atoms with Crippen molar-refractivity contribution < 1.29 is 19.0 Å². The summed E-state index contributed by atoms with van der Waals surface area (Å²) < 4.78 is 16.0. The van der Waals surface area contributed by atoms with E-state index in [2.05, 4.69) is 12.2 Å². The van der Waals surface area contributed by atoms with E-state index in [-0.39, 0.29) is 24.0 Å². The Hall–Kier alpha value is -0.650. The molecule has 0 saturated carbocycles. The van der Waals surface area contributed by atoms with Gasteiger partial charge in [-0.15, -0.1) is 0 Å². The summed E-state index contributed by atoms with van der Waals surface area (Å²) in [6.45, 7) is 8.93. The molecule has 1 heterocycles. The second-order valence-corrected chi connectivity index (χ2v) is 5.27. The fourth-order valence-electron chi connectivity index (χ4n) is 1.87. The van der Waals surface area contributed by atoms with E-state index >= 15 is 0 Å². The number of carbonyl (C=O) groups is 1. The summed E-state index contributed by atoms with van der Waals surface area (Å²) in [5, 5.41) is 3.27. The first kappa shape index (κ1) is 15.4. The van der Waals surface area contributed by atoms with Crippen LogP contribution in [0.1, 0.15) is 34.1 Å². The molecule has 0 aromatic rings. The molecule has 0 bridgehead atoms. The van der Waals surface area contributed by atoms with Crippen molar-refractivity contribution in [3.8, 4) is 0 Å². The summed E-state index contributed by atoms with van der Waals surface area (Å²) in [4.78, 5) is 11.7. The van der Waals surface area contributed by atoms with Crippen LogP contribution in [0.15, 0.2) is 0 Å². The number of carbonyl (C=O) groups excluding carboxylic acids is 1. The molecule has 5 nitrogen and oxygen atoms in total. The monoisotopic (exact) mass is 259 g/mol. The summed E-state index contributed by atoms with van der Waals surface area (Å²) in [6.07, 6.45) is 0.909. The second-order valence-electron chi connectivity index (χ2n) is 5.27. The first-order chi connectivity index (χ1) is 8.39. The lowest BCUT2D eigenvalue weighted by atomic mass is 9.98. The molecular formula is C13H25NO4. The molecule has 0 amide bonds. The highest BCUT2D eigenvalue weighted by Crippen LogP contribution is 2.18. The SMILES string of the molecule is CCC(C)C(NC1COC(C)(C)OC1)C(=O)OC. The van der Waals surface area contributed by atoms with E-state index in [9.17, 15) is 4.79 Å². The molecule has 0 spiro atoms. The number of esters is 1. The van der Waals surface area contributed by atoms with Crippen molar-refractivity contribution >= 4 is 5.97 Å². The van der Waals surface area contributed by atoms with Crippen molar-refractivity contribution in [1.82, 2.24) is 5.32 Å².